The van der Waals surface area contributed by atoms with E-state index in [1.165, 1.54) is 0 Å². The molecule has 1 aliphatic rings. The van der Waals surface area contributed by atoms with Gasteiger partial charge in [0, 0.05) is 12.1 Å². The number of carbonyl (C=O) groups excluding carboxylic acids is 2. The molecule has 0 bridgehead atoms. The van der Waals surface area contributed by atoms with E-state index in [2.05, 4.69) is 6.58 Å². The van der Waals surface area contributed by atoms with Gasteiger partial charge in [-0.15, -0.1) is 0 Å². The first kappa shape index (κ1) is 13.4. The molecule has 0 aromatic heterocycles. The number of nitrogens with zero attached hydrogens (tertiary/aromatic N) is 1. The largest absolute Gasteiger partial charge is 0.324 e. The van der Waals surface area contributed by atoms with Crippen molar-refractivity contribution in [3.8, 4) is 0 Å². The van der Waals surface area contributed by atoms with Crippen LogP contribution in [0.5, 0.6) is 0 Å². The molecule has 1 aliphatic heterocycles. The van der Waals surface area contributed by atoms with E-state index >= 15 is 0 Å². The van der Waals surface area contributed by atoms with E-state index in [0.717, 1.165) is 11.9 Å². The minimum absolute atomic E-state index is 0.0798. The third kappa shape index (κ3) is 2.54. The van der Waals surface area contributed by atoms with Gasteiger partial charge in [-0.1, -0.05) is 38.7 Å². The summed E-state index contributed by atoms with van der Waals surface area (Å²) >= 11 is 0. The van der Waals surface area contributed by atoms with Crippen LogP contribution in [-0.4, -0.2) is 29.7 Å². The molecule has 0 spiro atoms. The molecule has 0 aromatic carbocycles. The maximum Gasteiger partial charge on any atom is 0.255 e. The Balaban J connectivity index is 3.03. The van der Waals surface area contributed by atoms with Crippen LogP contribution in [0.2, 0.25) is 0 Å². The van der Waals surface area contributed by atoms with Crippen LogP contribution in [-0.2, 0) is 9.59 Å². The van der Waals surface area contributed by atoms with Gasteiger partial charge in [0.05, 0.1) is 6.04 Å². The van der Waals surface area contributed by atoms with Gasteiger partial charge in [0.2, 0.25) is 0 Å². The number of hydrogen-bond acceptors (Lipinski definition) is 2. The first-order valence-electron chi connectivity index (χ1n) is 5.81. The van der Waals surface area contributed by atoms with E-state index < -0.39 is 0 Å². The van der Waals surface area contributed by atoms with Crippen LogP contribution in [0.1, 0.15) is 20.8 Å². The maximum atomic E-state index is 12.2. The summed E-state index contributed by atoms with van der Waals surface area (Å²) < 4.78 is 0. The lowest BCUT2D eigenvalue weighted by molar-refractivity contribution is -0.132. The Bertz CT molecular complexity index is 391. The Morgan fingerprint density at radius 2 is 2.06 bits per heavy atom. The van der Waals surface area contributed by atoms with E-state index in [-0.39, 0.29) is 17.9 Å². The van der Waals surface area contributed by atoms with E-state index in [0.29, 0.717) is 12.1 Å². The second-order valence-electron chi connectivity index (χ2n) is 4.45. The lowest BCUT2D eigenvalue weighted by Gasteiger charge is -2.26. The fourth-order valence-electron chi connectivity index (χ4n) is 1.98. The van der Waals surface area contributed by atoms with Crippen LogP contribution in [0, 0.1) is 5.92 Å². The number of hydrogen-bond donors (Lipinski definition) is 0. The summed E-state index contributed by atoms with van der Waals surface area (Å²) in [4.78, 5) is 24.9. The monoisotopic (exact) mass is 233 g/mol. The van der Waals surface area contributed by atoms with Crippen LogP contribution >= 0.6 is 0 Å². The van der Waals surface area contributed by atoms with E-state index in [4.69, 9.17) is 0 Å². The summed E-state index contributed by atoms with van der Waals surface area (Å²) in [6.45, 7) is 9.93. The summed E-state index contributed by atoms with van der Waals surface area (Å²) in [6, 6.07) is -0.361. The third-order valence-corrected chi connectivity index (χ3v) is 2.94. The van der Waals surface area contributed by atoms with Gasteiger partial charge in [-0.25, -0.2) is 0 Å². The summed E-state index contributed by atoms with van der Waals surface area (Å²) in [5, 5.41) is 0. The van der Waals surface area contributed by atoms with Crippen molar-refractivity contribution in [2.24, 2.45) is 5.92 Å². The van der Waals surface area contributed by atoms with Gasteiger partial charge in [-0.2, -0.15) is 0 Å². The highest BCUT2D eigenvalue weighted by atomic mass is 16.2. The minimum Gasteiger partial charge on any atom is -0.324 e. The normalized spacial score (nSPS) is 18.4. The van der Waals surface area contributed by atoms with Gasteiger partial charge in [0.15, 0.2) is 0 Å². The van der Waals surface area contributed by atoms with Gasteiger partial charge >= 0.3 is 0 Å². The lowest BCUT2D eigenvalue weighted by Crippen LogP contribution is -2.42. The molecular formula is C14H19NO2. The molecular weight excluding hydrogens is 214 g/mol. The van der Waals surface area contributed by atoms with Crippen molar-refractivity contribution in [2.75, 3.05) is 6.54 Å². The van der Waals surface area contributed by atoms with E-state index in [9.17, 15) is 9.59 Å². The fraction of sp³-hybridized carbons (Fsp3) is 0.429. The molecule has 3 heteroatoms. The van der Waals surface area contributed by atoms with Gasteiger partial charge in [-0.05, 0) is 18.4 Å². The summed E-state index contributed by atoms with van der Waals surface area (Å²) in [5.74, 6) is 0.0382. The molecule has 92 valence electrons. The number of amides is 1. The molecule has 1 amide bonds. The molecule has 0 aliphatic carbocycles. The minimum atomic E-state index is -0.361. The van der Waals surface area contributed by atoms with Crippen molar-refractivity contribution in [3.05, 3.63) is 36.0 Å². The van der Waals surface area contributed by atoms with E-state index in [1.54, 1.807) is 17.1 Å². The van der Waals surface area contributed by atoms with Crippen molar-refractivity contribution in [3.63, 3.8) is 0 Å². The topological polar surface area (TPSA) is 37.4 Å². The Morgan fingerprint density at radius 1 is 1.41 bits per heavy atom. The van der Waals surface area contributed by atoms with Crippen molar-refractivity contribution < 1.29 is 9.59 Å². The molecule has 0 radical (unpaired) electrons. The molecule has 1 heterocycles. The van der Waals surface area contributed by atoms with E-state index in [1.807, 2.05) is 26.8 Å². The summed E-state index contributed by atoms with van der Waals surface area (Å²) in [6.07, 6.45) is 6.14. The molecule has 0 saturated heterocycles. The maximum absolute atomic E-state index is 12.2. The quantitative estimate of drug-likeness (QED) is 0.682. The van der Waals surface area contributed by atoms with Crippen molar-refractivity contribution in [1.82, 2.24) is 4.90 Å². The van der Waals surface area contributed by atoms with Crippen LogP contribution < -0.4 is 0 Å². The molecule has 0 saturated carbocycles. The SMILES string of the molecule is C=CC1=C(/C=C\C)C(=O)N([C@H](C=O)C(C)C)C1. The number of rotatable bonds is 5. The first-order valence-corrected chi connectivity index (χ1v) is 5.81. The zero-order valence-corrected chi connectivity index (χ0v) is 10.6. The van der Waals surface area contributed by atoms with Crippen molar-refractivity contribution in [2.45, 2.75) is 26.8 Å². The Morgan fingerprint density at radius 3 is 2.47 bits per heavy atom. The number of aldehydes is 1. The zero-order chi connectivity index (χ0) is 13.0. The molecule has 17 heavy (non-hydrogen) atoms. The predicted molar refractivity (Wildman–Crippen MR) is 68.4 cm³/mol. The highest BCUT2D eigenvalue weighted by molar-refractivity contribution is 6.01. The smallest absolute Gasteiger partial charge is 0.255 e. The molecule has 0 N–H and O–H groups in total. The Kier molecular flexibility index (Phi) is 4.44. The standard InChI is InChI=1S/C14H19NO2/c1-5-7-12-11(6-2)8-15(14(12)17)13(9-16)10(3)4/h5-7,9-10,13H,2,8H2,1,3-4H3/b7-5-/t13-/m1/s1. The fourth-order valence-corrected chi connectivity index (χ4v) is 1.98. The summed E-state index contributed by atoms with van der Waals surface area (Å²) in [7, 11) is 0. The zero-order valence-electron chi connectivity index (χ0n) is 10.6. The molecule has 3 nitrogen and oxygen atoms in total. The summed E-state index contributed by atoms with van der Waals surface area (Å²) in [5.41, 5.74) is 1.54. The van der Waals surface area contributed by atoms with Crippen molar-refractivity contribution >= 4 is 12.2 Å². The van der Waals surface area contributed by atoms with Crippen LogP contribution in [0.4, 0.5) is 0 Å². The van der Waals surface area contributed by atoms with Gasteiger partial charge < -0.3 is 9.69 Å². The van der Waals surface area contributed by atoms with Crippen LogP contribution in [0.15, 0.2) is 36.0 Å². The van der Waals surface area contributed by atoms with Gasteiger partial charge in [-0.3, -0.25) is 4.79 Å². The lowest BCUT2D eigenvalue weighted by atomic mass is 10.0. The Hall–Kier alpha value is -1.64. The highest BCUT2D eigenvalue weighted by Crippen LogP contribution is 2.25. The number of carbonyl (C=O) groups is 2. The van der Waals surface area contributed by atoms with Gasteiger partial charge in [0.1, 0.15) is 6.29 Å². The average molecular weight is 233 g/mol. The predicted octanol–water partition coefficient (Wildman–Crippen LogP) is 2.11. The average Bonchev–Trinajstić information content (AvgIpc) is 2.59. The highest BCUT2D eigenvalue weighted by Gasteiger charge is 2.33. The molecule has 1 rings (SSSR count). The molecule has 1 atom stereocenters. The third-order valence-electron chi connectivity index (χ3n) is 2.94. The van der Waals surface area contributed by atoms with Crippen molar-refractivity contribution in [1.29, 1.82) is 0 Å². The molecule has 0 aromatic rings. The molecule has 0 fully saturated rings. The second kappa shape index (κ2) is 5.62. The van der Waals surface area contributed by atoms with Crippen LogP contribution in [0.25, 0.3) is 0 Å². The number of allylic oxidation sites excluding steroid dienone is 1. The first-order chi connectivity index (χ1) is 8.06. The molecule has 0 unspecified atom stereocenters. The van der Waals surface area contributed by atoms with Crippen LogP contribution in [0.3, 0.4) is 0 Å². The second-order valence-corrected chi connectivity index (χ2v) is 4.45. The van der Waals surface area contributed by atoms with Gasteiger partial charge in [0.25, 0.3) is 5.91 Å². The Labute approximate surface area is 102 Å².